The van der Waals surface area contributed by atoms with Gasteiger partial charge in [-0.25, -0.2) is 14.6 Å². The van der Waals surface area contributed by atoms with Gasteiger partial charge in [0.2, 0.25) is 0 Å². The van der Waals surface area contributed by atoms with Crippen LogP contribution < -0.4 is 5.32 Å². The van der Waals surface area contributed by atoms with Crippen molar-refractivity contribution in [3.05, 3.63) is 53.6 Å². The lowest BCUT2D eigenvalue weighted by molar-refractivity contribution is -0.142. The standard InChI is InChI=1S/C16H15N5O3S/c1-2-24-14(22)7-12-8-25-16(19-12)20-15(23)11-3-5-13(6-4-11)21-10-17-9-18-21/h3-6,8-10H,2,7H2,1H3,(H,19,20,23). The Hall–Kier alpha value is -3.07. The summed E-state index contributed by atoms with van der Waals surface area (Å²) >= 11 is 1.26. The van der Waals surface area contributed by atoms with Crippen LogP contribution in [-0.2, 0) is 16.0 Å². The number of hydrogen-bond acceptors (Lipinski definition) is 7. The Morgan fingerprint density at radius 2 is 2.08 bits per heavy atom. The molecular weight excluding hydrogens is 342 g/mol. The summed E-state index contributed by atoms with van der Waals surface area (Å²) in [7, 11) is 0. The van der Waals surface area contributed by atoms with Gasteiger partial charge in [0, 0.05) is 10.9 Å². The molecule has 0 spiro atoms. The van der Waals surface area contributed by atoms with Crippen LogP contribution in [0.5, 0.6) is 0 Å². The van der Waals surface area contributed by atoms with E-state index in [0.29, 0.717) is 23.0 Å². The van der Waals surface area contributed by atoms with E-state index in [1.165, 1.54) is 17.7 Å². The first kappa shape index (κ1) is 16.8. The zero-order valence-electron chi connectivity index (χ0n) is 13.4. The summed E-state index contributed by atoms with van der Waals surface area (Å²) in [6.45, 7) is 2.08. The molecule has 25 heavy (non-hydrogen) atoms. The molecule has 128 valence electrons. The Kier molecular flexibility index (Phi) is 5.14. The number of ether oxygens (including phenoxy) is 1. The molecule has 1 N–H and O–H groups in total. The molecule has 3 aromatic rings. The second kappa shape index (κ2) is 7.67. The topological polar surface area (TPSA) is 99.0 Å². The molecule has 1 amide bonds. The van der Waals surface area contributed by atoms with Crippen LogP contribution >= 0.6 is 11.3 Å². The quantitative estimate of drug-likeness (QED) is 0.678. The predicted molar refractivity (Wildman–Crippen MR) is 91.8 cm³/mol. The van der Waals surface area contributed by atoms with Crippen LogP contribution in [0.2, 0.25) is 0 Å². The molecule has 0 fully saturated rings. The highest BCUT2D eigenvalue weighted by Crippen LogP contribution is 2.17. The summed E-state index contributed by atoms with van der Waals surface area (Å²) < 4.78 is 6.48. The van der Waals surface area contributed by atoms with Crippen LogP contribution in [0.4, 0.5) is 5.13 Å². The van der Waals surface area contributed by atoms with Gasteiger partial charge in [-0.05, 0) is 31.2 Å². The Bertz CT molecular complexity index is 858. The number of amides is 1. The fraction of sp³-hybridized carbons (Fsp3) is 0.188. The number of nitrogens with zero attached hydrogens (tertiary/aromatic N) is 4. The second-order valence-corrected chi connectivity index (χ2v) is 5.82. The minimum Gasteiger partial charge on any atom is -0.466 e. The Morgan fingerprint density at radius 1 is 1.28 bits per heavy atom. The van der Waals surface area contributed by atoms with Crippen LogP contribution in [-0.4, -0.2) is 38.2 Å². The maximum atomic E-state index is 12.3. The lowest BCUT2D eigenvalue weighted by atomic mass is 10.2. The molecule has 0 aliphatic carbocycles. The molecule has 2 aromatic heterocycles. The van der Waals surface area contributed by atoms with E-state index in [4.69, 9.17) is 4.74 Å². The lowest BCUT2D eigenvalue weighted by Gasteiger charge is -2.04. The Balaban J connectivity index is 1.62. The number of aromatic nitrogens is 4. The summed E-state index contributed by atoms with van der Waals surface area (Å²) in [6, 6.07) is 6.94. The van der Waals surface area contributed by atoms with Gasteiger partial charge in [-0.3, -0.25) is 14.9 Å². The molecule has 0 atom stereocenters. The SMILES string of the molecule is CCOC(=O)Cc1csc(NC(=O)c2ccc(-n3cncn3)cc2)n1. The molecule has 0 unspecified atom stereocenters. The van der Waals surface area contributed by atoms with Gasteiger partial charge in [0.05, 0.1) is 24.4 Å². The molecule has 1 aromatic carbocycles. The van der Waals surface area contributed by atoms with E-state index < -0.39 is 0 Å². The van der Waals surface area contributed by atoms with Crippen molar-refractivity contribution in [1.82, 2.24) is 19.7 Å². The maximum absolute atomic E-state index is 12.3. The van der Waals surface area contributed by atoms with Crippen molar-refractivity contribution >= 4 is 28.3 Å². The Morgan fingerprint density at radius 3 is 2.76 bits per heavy atom. The molecule has 0 bridgehead atoms. The first-order chi connectivity index (χ1) is 12.2. The minimum atomic E-state index is -0.339. The monoisotopic (exact) mass is 357 g/mol. The summed E-state index contributed by atoms with van der Waals surface area (Å²) in [5.74, 6) is -0.614. The fourth-order valence-corrected chi connectivity index (χ4v) is 2.79. The van der Waals surface area contributed by atoms with Crippen molar-refractivity contribution < 1.29 is 14.3 Å². The number of hydrogen-bond donors (Lipinski definition) is 1. The van der Waals surface area contributed by atoms with Crippen LogP contribution in [0.15, 0.2) is 42.3 Å². The zero-order valence-corrected chi connectivity index (χ0v) is 14.2. The average molecular weight is 357 g/mol. The second-order valence-electron chi connectivity index (χ2n) is 4.97. The molecule has 8 nitrogen and oxygen atoms in total. The van der Waals surface area contributed by atoms with Crippen LogP contribution in [0.3, 0.4) is 0 Å². The number of nitrogens with one attached hydrogen (secondary N) is 1. The van der Waals surface area contributed by atoms with E-state index in [9.17, 15) is 9.59 Å². The number of thiazole rings is 1. The number of anilines is 1. The van der Waals surface area contributed by atoms with Gasteiger partial charge >= 0.3 is 5.97 Å². The highest BCUT2D eigenvalue weighted by atomic mass is 32.1. The summed E-state index contributed by atoms with van der Waals surface area (Å²) in [4.78, 5) is 31.8. The van der Waals surface area contributed by atoms with E-state index in [2.05, 4.69) is 20.4 Å². The molecule has 0 saturated carbocycles. The lowest BCUT2D eigenvalue weighted by Crippen LogP contribution is -2.12. The van der Waals surface area contributed by atoms with Crippen molar-refractivity contribution in [2.75, 3.05) is 11.9 Å². The Labute approximate surface area is 147 Å². The van der Waals surface area contributed by atoms with E-state index in [1.807, 2.05) is 0 Å². The summed E-state index contributed by atoms with van der Waals surface area (Å²) in [6.07, 6.45) is 3.11. The van der Waals surface area contributed by atoms with Gasteiger partial charge in [0.15, 0.2) is 5.13 Å². The molecule has 2 heterocycles. The van der Waals surface area contributed by atoms with E-state index in [0.717, 1.165) is 5.69 Å². The van der Waals surface area contributed by atoms with Gasteiger partial charge in [-0.1, -0.05) is 0 Å². The van der Waals surface area contributed by atoms with Gasteiger partial charge in [0.25, 0.3) is 5.91 Å². The predicted octanol–water partition coefficient (Wildman–Crippen LogP) is 2.08. The zero-order chi connectivity index (χ0) is 17.6. The van der Waals surface area contributed by atoms with Gasteiger partial charge in [-0.15, -0.1) is 11.3 Å². The van der Waals surface area contributed by atoms with E-state index >= 15 is 0 Å². The molecule has 0 saturated heterocycles. The van der Waals surface area contributed by atoms with E-state index in [-0.39, 0.29) is 18.3 Å². The fourth-order valence-electron chi connectivity index (χ4n) is 2.08. The summed E-state index contributed by atoms with van der Waals surface area (Å²) in [5.41, 5.74) is 1.87. The number of carbonyl (C=O) groups is 2. The van der Waals surface area contributed by atoms with Crippen molar-refractivity contribution in [3.63, 3.8) is 0 Å². The molecule has 0 radical (unpaired) electrons. The first-order valence-electron chi connectivity index (χ1n) is 7.52. The maximum Gasteiger partial charge on any atom is 0.311 e. The van der Waals surface area contributed by atoms with Gasteiger partial charge < -0.3 is 4.74 Å². The largest absolute Gasteiger partial charge is 0.466 e. The normalized spacial score (nSPS) is 10.4. The number of rotatable bonds is 6. The average Bonchev–Trinajstić information content (AvgIpc) is 3.27. The number of esters is 1. The molecule has 0 aliphatic rings. The third-order valence-corrected chi connectivity index (χ3v) is 4.02. The van der Waals surface area contributed by atoms with Crippen molar-refractivity contribution in [2.24, 2.45) is 0 Å². The highest BCUT2D eigenvalue weighted by molar-refractivity contribution is 7.14. The molecule has 9 heteroatoms. The number of carbonyl (C=O) groups excluding carboxylic acids is 2. The van der Waals surface area contributed by atoms with Crippen molar-refractivity contribution in [3.8, 4) is 5.69 Å². The number of benzene rings is 1. The third-order valence-electron chi connectivity index (χ3n) is 3.22. The molecule has 3 rings (SSSR count). The van der Waals surface area contributed by atoms with Crippen molar-refractivity contribution in [2.45, 2.75) is 13.3 Å². The first-order valence-corrected chi connectivity index (χ1v) is 8.40. The van der Waals surface area contributed by atoms with Crippen molar-refractivity contribution in [1.29, 1.82) is 0 Å². The molecule has 0 aliphatic heterocycles. The van der Waals surface area contributed by atoms with Crippen LogP contribution in [0.1, 0.15) is 23.0 Å². The minimum absolute atomic E-state index is 0.0901. The van der Waals surface area contributed by atoms with Gasteiger partial charge in [0.1, 0.15) is 12.7 Å². The molecular formula is C16H15N5O3S. The smallest absolute Gasteiger partial charge is 0.311 e. The van der Waals surface area contributed by atoms with Crippen LogP contribution in [0.25, 0.3) is 5.69 Å². The summed E-state index contributed by atoms with van der Waals surface area (Å²) in [5, 5.41) is 8.90. The third kappa shape index (κ3) is 4.27. The van der Waals surface area contributed by atoms with Crippen LogP contribution in [0, 0.1) is 0 Å². The highest BCUT2D eigenvalue weighted by Gasteiger charge is 2.12. The van der Waals surface area contributed by atoms with E-state index in [1.54, 1.807) is 47.6 Å². The van der Waals surface area contributed by atoms with Gasteiger partial charge in [-0.2, -0.15) is 5.10 Å².